The standard InChI is InChI=1S/C13H15Cl2N3O/c1-2-3-11(16)13-17-12(18-19-13)7-8-4-5-9(14)10(15)6-8/h4-6,11H,2-3,7,16H2,1H3/t11-/m1/s1. The van der Waals surface area contributed by atoms with E-state index in [0.29, 0.717) is 28.2 Å². The van der Waals surface area contributed by atoms with Gasteiger partial charge in [0.15, 0.2) is 5.82 Å². The Bertz CT molecular complexity index is 557. The number of rotatable bonds is 5. The Kier molecular flexibility index (Phi) is 4.80. The van der Waals surface area contributed by atoms with Crippen LogP contribution >= 0.6 is 23.2 Å². The van der Waals surface area contributed by atoms with Gasteiger partial charge in [-0.15, -0.1) is 0 Å². The smallest absolute Gasteiger partial charge is 0.243 e. The molecular formula is C13H15Cl2N3O. The highest BCUT2D eigenvalue weighted by atomic mass is 35.5. The second-order valence-electron chi connectivity index (χ2n) is 4.37. The molecule has 0 amide bonds. The van der Waals surface area contributed by atoms with Crippen LogP contribution in [0.1, 0.15) is 43.1 Å². The monoisotopic (exact) mass is 299 g/mol. The van der Waals surface area contributed by atoms with Crippen LogP contribution in [0.3, 0.4) is 0 Å². The van der Waals surface area contributed by atoms with Gasteiger partial charge in [-0.1, -0.05) is 47.8 Å². The first-order valence-corrected chi connectivity index (χ1v) is 6.87. The van der Waals surface area contributed by atoms with E-state index in [9.17, 15) is 0 Å². The summed E-state index contributed by atoms with van der Waals surface area (Å²) >= 11 is 11.8. The molecule has 0 saturated heterocycles. The third-order valence-corrected chi connectivity index (χ3v) is 3.49. The highest BCUT2D eigenvalue weighted by Crippen LogP contribution is 2.23. The Balaban J connectivity index is 2.09. The Hall–Kier alpha value is -1.10. The van der Waals surface area contributed by atoms with Crippen LogP contribution < -0.4 is 5.73 Å². The van der Waals surface area contributed by atoms with Crippen LogP contribution in [0.5, 0.6) is 0 Å². The first-order valence-electron chi connectivity index (χ1n) is 6.12. The van der Waals surface area contributed by atoms with Crippen LogP contribution in [-0.2, 0) is 6.42 Å². The van der Waals surface area contributed by atoms with Gasteiger partial charge in [0.25, 0.3) is 0 Å². The SMILES string of the molecule is CCC[C@@H](N)c1nc(Cc2ccc(Cl)c(Cl)c2)no1. The predicted octanol–water partition coefficient (Wildman–Crippen LogP) is 3.77. The first-order chi connectivity index (χ1) is 9.10. The van der Waals surface area contributed by atoms with Gasteiger partial charge in [-0.25, -0.2) is 0 Å². The van der Waals surface area contributed by atoms with Gasteiger partial charge >= 0.3 is 0 Å². The van der Waals surface area contributed by atoms with Crippen LogP contribution in [0.15, 0.2) is 22.7 Å². The largest absolute Gasteiger partial charge is 0.338 e. The maximum atomic E-state index is 5.96. The van der Waals surface area contributed by atoms with E-state index < -0.39 is 0 Å². The average Bonchev–Trinajstić information content (AvgIpc) is 2.83. The van der Waals surface area contributed by atoms with Crippen LogP contribution in [0.4, 0.5) is 0 Å². The first kappa shape index (κ1) is 14.3. The fourth-order valence-electron chi connectivity index (χ4n) is 1.76. The topological polar surface area (TPSA) is 64.9 Å². The Morgan fingerprint density at radius 3 is 2.79 bits per heavy atom. The van der Waals surface area contributed by atoms with Crippen molar-refractivity contribution in [3.05, 3.63) is 45.5 Å². The molecular weight excluding hydrogens is 285 g/mol. The molecule has 1 aromatic carbocycles. The van der Waals surface area contributed by atoms with Crippen LogP contribution in [0.25, 0.3) is 0 Å². The summed E-state index contributed by atoms with van der Waals surface area (Å²) < 4.78 is 5.16. The van der Waals surface area contributed by atoms with E-state index in [-0.39, 0.29) is 6.04 Å². The van der Waals surface area contributed by atoms with Gasteiger partial charge in [0.05, 0.1) is 16.1 Å². The quantitative estimate of drug-likeness (QED) is 0.913. The zero-order valence-electron chi connectivity index (χ0n) is 10.6. The molecule has 0 bridgehead atoms. The second-order valence-corrected chi connectivity index (χ2v) is 5.18. The number of nitrogens with two attached hydrogens (primary N) is 1. The summed E-state index contributed by atoms with van der Waals surface area (Å²) in [5.74, 6) is 1.08. The molecule has 0 radical (unpaired) electrons. The molecule has 0 spiro atoms. The van der Waals surface area contributed by atoms with E-state index in [2.05, 4.69) is 17.1 Å². The minimum Gasteiger partial charge on any atom is -0.338 e. The number of nitrogens with zero attached hydrogens (tertiary/aromatic N) is 2. The molecule has 19 heavy (non-hydrogen) atoms. The van der Waals surface area contributed by atoms with Crippen LogP contribution in [0.2, 0.25) is 10.0 Å². The lowest BCUT2D eigenvalue weighted by Gasteiger charge is -2.02. The zero-order chi connectivity index (χ0) is 13.8. The number of halogens is 2. The predicted molar refractivity (Wildman–Crippen MR) is 75.4 cm³/mol. The number of hydrogen-bond acceptors (Lipinski definition) is 4. The zero-order valence-corrected chi connectivity index (χ0v) is 12.1. The molecule has 0 aliphatic rings. The van der Waals surface area contributed by atoms with Gasteiger partial charge in [-0.2, -0.15) is 4.98 Å². The molecule has 1 heterocycles. The highest BCUT2D eigenvalue weighted by molar-refractivity contribution is 6.42. The van der Waals surface area contributed by atoms with E-state index in [1.807, 2.05) is 6.07 Å². The second kappa shape index (κ2) is 6.37. The summed E-state index contributed by atoms with van der Waals surface area (Å²) in [6, 6.07) is 5.24. The molecule has 0 fully saturated rings. The normalized spacial score (nSPS) is 12.6. The number of benzene rings is 1. The molecule has 0 unspecified atom stereocenters. The lowest BCUT2D eigenvalue weighted by atomic mass is 10.1. The number of aromatic nitrogens is 2. The van der Waals surface area contributed by atoms with Crippen molar-refractivity contribution in [2.24, 2.45) is 5.73 Å². The summed E-state index contributed by atoms with van der Waals surface area (Å²) in [5.41, 5.74) is 6.90. The molecule has 2 N–H and O–H groups in total. The maximum Gasteiger partial charge on any atom is 0.243 e. The third kappa shape index (κ3) is 3.69. The van der Waals surface area contributed by atoms with Gasteiger partial charge < -0.3 is 10.3 Å². The van der Waals surface area contributed by atoms with Crippen molar-refractivity contribution in [3.63, 3.8) is 0 Å². The molecule has 2 rings (SSSR count). The van der Waals surface area contributed by atoms with Crippen molar-refractivity contribution in [1.82, 2.24) is 10.1 Å². The summed E-state index contributed by atoms with van der Waals surface area (Å²) in [5, 5.41) is 4.98. The van der Waals surface area contributed by atoms with Crippen molar-refractivity contribution >= 4 is 23.2 Å². The van der Waals surface area contributed by atoms with Crippen LogP contribution in [0, 0.1) is 0 Å². The highest BCUT2D eigenvalue weighted by Gasteiger charge is 2.14. The minimum atomic E-state index is -0.194. The fourth-order valence-corrected chi connectivity index (χ4v) is 2.08. The van der Waals surface area contributed by atoms with Crippen molar-refractivity contribution in [1.29, 1.82) is 0 Å². The van der Waals surface area contributed by atoms with E-state index in [0.717, 1.165) is 18.4 Å². The lowest BCUT2D eigenvalue weighted by Crippen LogP contribution is -2.10. The lowest BCUT2D eigenvalue weighted by molar-refractivity contribution is 0.345. The average molecular weight is 300 g/mol. The number of hydrogen-bond donors (Lipinski definition) is 1. The molecule has 0 aliphatic heterocycles. The molecule has 6 heteroatoms. The Labute approximate surface area is 121 Å². The van der Waals surface area contributed by atoms with Gasteiger partial charge in [-0.3, -0.25) is 0 Å². The van der Waals surface area contributed by atoms with Crippen molar-refractivity contribution < 1.29 is 4.52 Å². The van der Waals surface area contributed by atoms with Crippen molar-refractivity contribution in [2.45, 2.75) is 32.2 Å². The molecule has 2 aromatic rings. The molecule has 0 saturated carbocycles. The summed E-state index contributed by atoms with van der Waals surface area (Å²) in [6.07, 6.45) is 2.35. The summed E-state index contributed by atoms with van der Waals surface area (Å²) in [4.78, 5) is 4.30. The third-order valence-electron chi connectivity index (χ3n) is 2.75. The van der Waals surface area contributed by atoms with Crippen LogP contribution in [-0.4, -0.2) is 10.1 Å². The summed E-state index contributed by atoms with van der Waals surface area (Å²) in [6.45, 7) is 2.06. The molecule has 1 aromatic heterocycles. The fraction of sp³-hybridized carbons (Fsp3) is 0.385. The van der Waals surface area contributed by atoms with Crippen molar-refractivity contribution in [3.8, 4) is 0 Å². The van der Waals surface area contributed by atoms with E-state index in [4.69, 9.17) is 33.5 Å². The van der Waals surface area contributed by atoms with Crippen molar-refractivity contribution in [2.75, 3.05) is 0 Å². The van der Waals surface area contributed by atoms with Gasteiger partial charge in [0.2, 0.25) is 5.89 Å². The summed E-state index contributed by atoms with van der Waals surface area (Å²) in [7, 11) is 0. The van der Waals surface area contributed by atoms with Gasteiger partial charge in [-0.05, 0) is 24.1 Å². The van der Waals surface area contributed by atoms with E-state index in [1.165, 1.54) is 0 Å². The molecule has 102 valence electrons. The van der Waals surface area contributed by atoms with Gasteiger partial charge in [0, 0.05) is 6.42 Å². The van der Waals surface area contributed by atoms with E-state index in [1.54, 1.807) is 12.1 Å². The van der Waals surface area contributed by atoms with E-state index >= 15 is 0 Å². The molecule has 0 aliphatic carbocycles. The maximum absolute atomic E-state index is 5.96. The van der Waals surface area contributed by atoms with Gasteiger partial charge in [0.1, 0.15) is 0 Å². The molecule has 4 nitrogen and oxygen atoms in total. The Morgan fingerprint density at radius 1 is 1.32 bits per heavy atom. The Morgan fingerprint density at radius 2 is 2.11 bits per heavy atom. The minimum absolute atomic E-state index is 0.194. The molecule has 1 atom stereocenters.